The van der Waals surface area contributed by atoms with E-state index in [-0.39, 0.29) is 18.2 Å². The number of anilines is 4. The number of para-hydroxylation sites is 4. The molecule has 2 aromatic heterocycles. The smallest absolute Gasteiger partial charge is 0.232 e. The molecule has 7 nitrogen and oxygen atoms in total. The summed E-state index contributed by atoms with van der Waals surface area (Å²) in [6.07, 6.45) is 3.35. The highest BCUT2D eigenvalue weighted by Gasteiger charge is 2.12. The maximum absolute atomic E-state index is 12.8. The van der Waals surface area contributed by atoms with Crippen molar-refractivity contribution in [1.29, 1.82) is 0 Å². The molecule has 7 aromatic rings. The van der Waals surface area contributed by atoms with Crippen LogP contribution in [0.25, 0.3) is 43.6 Å². The van der Waals surface area contributed by atoms with E-state index in [4.69, 9.17) is 9.97 Å². The van der Waals surface area contributed by atoms with Crippen LogP contribution in [0, 0.1) is 0 Å². The second kappa shape index (κ2) is 14.2. The maximum Gasteiger partial charge on any atom is 0.232 e. The summed E-state index contributed by atoms with van der Waals surface area (Å²) in [5.41, 5.74) is 7.29. The van der Waals surface area contributed by atoms with Gasteiger partial charge in [-0.3, -0.25) is 4.72 Å². The fraction of sp³-hybridized carbons (Fsp3) is 0.158. The first-order valence-electron chi connectivity index (χ1n) is 15.7. The molecule has 47 heavy (non-hydrogen) atoms. The van der Waals surface area contributed by atoms with E-state index in [0.717, 1.165) is 86.5 Å². The number of pyridine rings is 2. The standard InChI is InChI=1S/C38H35N5O2S.ClH/c44-46(45,26-12-2-1-11-25-39-37-29-13-3-7-17-33(29)41-34-18-8-4-14-30(34)37)43-28-23-21-27(22-24-28)40-38-31-15-5-9-19-35(31)42-36-20-10-6-16-32(36)38;/h3-10,13-24,43H,1-2,11-12,25-26H2,(H,39,41)(H,40,42);1H. The van der Waals surface area contributed by atoms with Gasteiger partial charge in [-0.25, -0.2) is 18.4 Å². The monoisotopic (exact) mass is 661 g/mol. The maximum atomic E-state index is 12.8. The van der Waals surface area contributed by atoms with Gasteiger partial charge < -0.3 is 10.6 Å². The highest BCUT2D eigenvalue weighted by Crippen LogP contribution is 2.34. The minimum Gasteiger partial charge on any atom is -0.384 e. The van der Waals surface area contributed by atoms with Gasteiger partial charge in [0.15, 0.2) is 0 Å². The molecule has 3 N–H and O–H groups in total. The number of nitrogens with one attached hydrogen (secondary N) is 3. The molecule has 0 aliphatic rings. The SMILES string of the molecule is Cl.O=S(=O)(CCCCCCNc1c2ccccc2nc2ccccc12)Nc1ccc(Nc2c3ccccc3nc3ccccc23)cc1. The lowest BCUT2D eigenvalue weighted by atomic mass is 10.1. The summed E-state index contributed by atoms with van der Waals surface area (Å²) < 4.78 is 28.4. The Morgan fingerprint density at radius 1 is 0.489 bits per heavy atom. The van der Waals surface area contributed by atoms with Gasteiger partial charge in [0.2, 0.25) is 10.0 Å². The van der Waals surface area contributed by atoms with Crippen LogP contribution in [0.5, 0.6) is 0 Å². The lowest BCUT2D eigenvalue weighted by Gasteiger charge is -2.14. The number of sulfonamides is 1. The fourth-order valence-electron chi connectivity index (χ4n) is 5.99. The number of halogens is 1. The highest BCUT2D eigenvalue weighted by atomic mass is 35.5. The zero-order valence-electron chi connectivity index (χ0n) is 25.8. The normalized spacial score (nSPS) is 11.5. The summed E-state index contributed by atoms with van der Waals surface area (Å²) in [5, 5.41) is 11.5. The number of rotatable bonds is 12. The van der Waals surface area contributed by atoms with Crippen molar-refractivity contribution < 1.29 is 8.42 Å². The van der Waals surface area contributed by atoms with Gasteiger partial charge in [0, 0.05) is 39.5 Å². The zero-order chi connectivity index (χ0) is 31.3. The number of benzene rings is 5. The summed E-state index contributed by atoms with van der Waals surface area (Å²) in [6.45, 7) is 0.814. The molecule has 7 rings (SSSR count). The fourth-order valence-corrected chi connectivity index (χ4v) is 7.17. The van der Waals surface area contributed by atoms with Crippen molar-refractivity contribution in [3.63, 3.8) is 0 Å². The Morgan fingerprint density at radius 2 is 0.915 bits per heavy atom. The summed E-state index contributed by atoms with van der Waals surface area (Å²) in [7, 11) is -3.45. The van der Waals surface area contributed by atoms with Crippen LogP contribution in [0.1, 0.15) is 25.7 Å². The van der Waals surface area contributed by atoms with Crippen LogP contribution < -0.4 is 15.4 Å². The average Bonchev–Trinajstić information content (AvgIpc) is 3.08. The van der Waals surface area contributed by atoms with Gasteiger partial charge in [-0.15, -0.1) is 12.4 Å². The Morgan fingerprint density at radius 3 is 1.43 bits per heavy atom. The molecule has 0 saturated carbocycles. The number of hydrogen-bond donors (Lipinski definition) is 3. The summed E-state index contributed by atoms with van der Waals surface area (Å²) in [4.78, 5) is 9.58. The summed E-state index contributed by atoms with van der Waals surface area (Å²) in [6, 6.07) is 39.9. The first kappa shape index (κ1) is 32.0. The Labute approximate surface area is 280 Å². The van der Waals surface area contributed by atoms with Crippen molar-refractivity contribution in [3.05, 3.63) is 121 Å². The van der Waals surface area contributed by atoms with Gasteiger partial charge in [0.1, 0.15) is 0 Å². The third-order valence-electron chi connectivity index (χ3n) is 8.24. The second-order valence-corrected chi connectivity index (χ2v) is 13.3. The lowest BCUT2D eigenvalue weighted by Crippen LogP contribution is -2.16. The molecule has 0 fully saturated rings. The predicted octanol–water partition coefficient (Wildman–Crippen LogP) is 9.67. The minimum atomic E-state index is -3.45. The third kappa shape index (κ3) is 7.24. The van der Waals surface area contributed by atoms with Crippen molar-refractivity contribution in [1.82, 2.24) is 9.97 Å². The second-order valence-electron chi connectivity index (χ2n) is 11.5. The molecule has 0 spiro atoms. The third-order valence-corrected chi connectivity index (χ3v) is 9.62. The van der Waals surface area contributed by atoms with Gasteiger partial charge in [-0.2, -0.15) is 0 Å². The molecule has 0 atom stereocenters. The van der Waals surface area contributed by atoms with Crippen molar-refractivity contribution in [3.8, 4) is 0 Å². The Bertz CT molecular complexity index is 2170. The molecule has 238 valence electrons. The van der Waals surface area contributed by atoms with Gasteiger partial charge in [-0.05, 0) is 61.4 Å². The zero-order valence-corrected chi connectivity index (χ0v) is 27.5. The summed E-state index contributed by atoms with van der Waals surface area (Å²) in [5.74, 6) is 0.0923. The van der Waals surface area contributed by atoms with Gasteiger partial charge in [0.05, 0.1) is 39.2 Å². The molecule has 0 aliphatic carbocycles. The molecule has 0 bridgehead atoms. The van der Waals surface area contributed by atoms with Gasteiger partial charge in [0.25, 0.3) is 0 Å². The van der Waals surface area contributed by atoms with Crippen LogP contribution in [-0.4, -0.2) is 30.7 Å². The van der Waals surface area contributed by atoms with Crippen molar-refractivity contribution >= 4 is 88.8 Å². The molecule has 0 aliphatic heterocycles. The van der Waals surface area contributed by atoms with Crippen LogP contribution in [0.2, 0.25) is 0 Å². The average molecular weight is 662 g/mol. The van der Waals surface area contributed by atoms with E-state index in [1.54, 1.807) is 12.1 Å². The predicted molar refractivity (Wildman–Crippen MR) is 200 cm³/mol. The number of hydrogen-bond acceptors (Lipinski definition) is 6. The Balaban J connectivity index is 0.00000386. The molecule has 0 unspecified atom stereocenters. The number of nitrogens with zero attached hydrogens (tertiary/aromatic N) is 2. The molecule has 2 heterocycles. The largest absolute Gasteiger partial charge is 0.384 e. The minimum absolute atomic E-state index is 0. The molecule has 0 radical (unpaired) electrons. The highest BCUT2D eigenvalue weighted by molar-refractivity contribution is 7.92. The summed E-state index contributed by atoms with van der Waals surface area (Å²) >= 11 is 0. The van der Waals surface area contributed by atoms with E-state index < -0.39 is 10.0 Å². The van der Waals surface area contributed by atoms with E-state index in [0.29, 0.717) is 12.1 Å². The van der Waals surface area contributed by atoms with Crippen LogP contribution in [0.15, 0.2) is 121 Å². The van der Waals surface area contributed by atoms with Crippen LogP contribution in [-0.2, 0) is 10.0 Å². The van der Waals surface area contributed by atoms with Crippen molar-refractivity contribution in [2.45, 2.75) is 25.7 Å². The van der Waals surface area contributed by atoms with Gasteiger partial charge in [-0.1, -0.05) is 85.6 Å². The lowest BCUT2D eigenvalue weighted by molar-refractivity contribution is 0.593. The molecule has 0 saturated heterocycles. The molecular weight excluding hydrogens is 626 g/mol. The van der Waals surface area contributed by atoms with E-state index in [2.05, 4.69) is 39.6 Å². The number of unbranched alkanes of at least 4 members (excludes halogenated alkanes) is 3. The Kier molecular flexibility index (Phi) is 9.71. The number of fused-ring (bicyclic) bond motifs is 4. The molecular formula is C38H36ClN5O2S. The van der Waals surface area contributed by atoms with E-state index in [9.17, 15) is 8.42 Å². The van der Waals surface area contributed by atoms with Gasteiger partial charge >= 0.3 is 0 Å². The van der Waals surface area contributed by atoms with Crippen LogP contribution >= 0.6 is 12.4 Å². The van der Waals surface area contributed by atoms with Crippen LogP contribution in [0.4, 0.5) is 22.7 Å². The van der Waals surface area contributed by atoms with E-state index >= 15 is 0 Å². The molecule has 9 heteroatoms. The van der Waals surface area contributed by atoms with Crippen molar-refractivity contribution in [2.75, 3.05) is 27.7 Å². The Hall–Kier alpha value is -4.92. The molecule has 5 aromatic carbocycles. The number of aromatic nitrogens is 2. The molecule has 0 amide bonds. The topological polar surface area (TPSA) is 96.0 Å². The van der Waals surface area contributed by atoms with E-state index in [1.165, 1.54) is 0 Å². The quantitative estimate of drug-likeness (QED) is 0.0891. The first-order valence-corrected chi connectivity index (χ1v) is 17.4. The first-order chi connectivity index (χ1) is 22.5. The van der Waals surface area contributed by atoms with Crippen LogP contribution in [0.3, 0.4) is 0 Å². The van der Waals surface area contributed by atoms with E-state index in [1.807, 2.05) is 84.9 Å². The van der Waals surface area contributed by atoms with Crippen molar-refractivity contribution in [2.24, 2.45) is 0 Å².